The molecule has 0 radical (unpaired) electrons. The molecule has 0 aromatic carbocycles. The van der Waals surface area contributed by atoms with Gasteiger partial charge in [-0.1, -0.05) is 45.9 Å². The van der Waals surface area contributed by atoms with E-state index < -0.39 is 5.60 Å². The van der Waals surface area contributed by atoms with Gasteiger partial charge >= 0.3 is 0 Å². The molecule has 8 rings (SSSR count). The Labute approximate surface area is 339 Å². The van der Waals surface area contributed by atoms with Crippen molar-refractivity contribution in [2.75, 3.05) is 26.3 Å². The number of nitrogens with two attached hydrogens (primary N) is 2. The Bertz CT molecular complexity index is 1600. The predicted octanol–water partition coefficient (Wildman–Crippen LogP) is 7.80. The van der Waals surface area contributed by atoms with Crippen molar-refractivity contribution in [1.82, 2.24) is 0 Å². The van der Waals surface area contributed by atoms with E-state index in [1.54, 1.807) is 16.9 Å². The van der Waals surface area contributed by atoms with E-state index in [9.17, 15) is 25.5 Å². The molecule has 55 heavy (non-hydrogen) atoms. The molecule has 5 fully saturated rings. The SMILES string of the molecule is C[C@]1([C@H]2CC[C@@]3(C)[C@@H](CC[C@@]3(O)c3cccs3)[C@@H]2CN)CC[C@H](O)C[C@@H]1CO.C[C@]1([C@H]2CC[C@]3(C)C(c4cccs4)=CC[C@H]3[C@@H]2CN)CC[C@H](O)C[C@@H]1CO. The van der Waals surface area contributed by atoms with Crippen molar-refractivity contribution in [3.8, 4) is 0 Å². The van der Waals surface area contributed by atoms with E-state index in [4.69, 9.17) is 11.5 Å². The van der Waals surface area contributed by atoms with Crippen molar-refractivity contribution in [2.45, 2.75) is 129 Å². The molecule has 0 saturated heterocycles. The van der Waals surface area contributed by atoms with E-state index in [1.165, 1.54) is 17.7 Å². The zero-order valence-corrected chi connectivity index (χ0v) is 35.7. The van der Waals surface area contributed by atoms with Crippen molar-refractivity contribution in [3.63, 3.8) is 0 Å². The lowest BCUT2D eigenvalue weighted by Crippen LogP contribution is -2.55. The molecular weight excluding hydrogens is 725 g/mol. The van der Waals surface area contributed by atoms with Crippen LogP contribution in [0.5, 0.6) is 0 Å². The number of hydrogen-bond acceptors (Lipinski definition) is 9. The standard InChI is InChI=1S/C23H37NO3S.C23H35NO2S/c1-21(8-5-16(26)12-15(21)14-25)18-6-9-22(2)19(17(18)13-24)7-10-23(22,27)20-4-3-11-28-20;1-22(9-7-16(26)12-15(22)14-25)19-8-10-23(2)18(17(19)13-24)5-6-20(23)21-4-3-11-27-21/h3-4,11,15-19,25-27H,5-10,12-14,24H2,1-2H3;3-4,6,11,15-19,25-26H,5,7-10,12-14,24H2,1-2H3/t15-,16+,17-,18+,19+,21+,22+,23-;15-,16+,17+,18+,19+,22+,23+/m11/s1. The zero-order chi connectivity index (χ0) is 39.4. The second-order valence-corrected chi connectivity index (χ2v) is 21.9. The number of fused-ring (bicyclic) bond motifs is 2. The first kappa shape index (κ1) is 42.0. The molecule has 308 valence electrons. The van der Waals surface area contributed by atoms with Crippen LogP contribution < -0.4 is 11.5 Å². The molecule has 2 aromatic heterocycles. The topological polar surface area (TPSA) is 153 Å². The van der Waals surface area contributed by atoms with Crippen LogP contribution in [0.15, 0.2) is 41.1 Å². The van der Waals surface area contributed by atoms with E-state index >= 15 is 0 Å². The van der Waals surface area contributed by atoms with Gasteiger partial charge in [0.1, 0.15) is 5.60 Å². The Kier molecular flexibility index (Phi) is 12.3. The second kappa shape index (κ2) is 16.1. The molecule has 0 bridgehead atoms. The monoisotopic (exact) mass is 796 g/mol. The molecule has 6 aliphatic rings. The summed E-state index contributed by atoms with van der Waals surface area (Å²) >= 11 is 3.53. The summed E-state index contributed by atoms with van der Waals surface area (Å²) in [5.41, 5.74) is 13.8. The van der Waals surface area contributed by atoms with Gasteiger partial charge in [0.15, 0.2) is 0 Å². The minimum Gasteiger partial charge on any atom is -0.396 e. The number of thiophene rings is 2. The average Bonchev–Trinajstić information content (AvgIpc) is 4.01. The van der Waals surface area contributed by atoms with Crippen LogP contribution in [0.1, 0.15) is 121 Å². The maximum atomic E-state index is 11.8. The summed E-state index contributed by atoms with van der Waals surface area (Å²) in [6, 6.07) is 8.55. The third kappa shape index (κ3) is 6.89. The van der Waals surface area contributed by atoms with Crippen LogP contribution in [0, 0.1) is 69.0 Å². The molecule has 5 saturated carbocycles. The van der Waals surface area contributed by atoms with Crippen LogP contribution in [0.4, 0.5) is 0 Å². The molecule has 9 heteroatoms. The number of rotatable bonds is 8. The van der Waals surface area contributed by atoms with Gasteiger partial charge in [0, 0.05) is 28.4 Å². The Morgan fingerprint density at radius 2 is 1.22 bits per heavy atom. The molecule has 0 amide bonds. The third-order valence-electron chi connectivity index (χ3n) is 18.0. The highest BCUT2D eigenvalue weighted by Gasteiger charge is 2.64. The van der Waals surface area contributed by atoms with E-state index in [0.717, 1.165) is 75.6 Å². The number of aliphatic hydroxyl groups excluding tert-OH is 4. The highest BCUT2D eigenvalue weighted by atomic mass is 32.1. The van der Waals surface area contributed by atoms with E-state index in [2.05, 4.69) is 62.7 Å². The Morgan fingerprint density at radius 3 is 1.75 bits per heavy atom. The van der Waals surface area contributed by atoms with Crippen LogP contribution in [0.2, 0.25) is 0 Å². The van der Waals surface area contributed by atoms with Gasteiger partial charge in [0.05, 0.1) is 12.2 Å². The number of hydrogen-bond donors (Lipinski definition) is 7. The predicted molar refractivity (Wildman–Crippen MR) is 225 cm³/mol. The highest BCUT2D eigenvalue weighted by molar-refractivity contribution is 7.11. The number of aliphatic hydroxyl groups is 5. The fourth-order valence-electron chi connectivity index (χ4n) is 14.5. The fourth-order valence-corrected chi connectivity index (χ4v) is 16.4. The molecule has 15 atom stereocenters. The van der Waals surface area contributed by atoms with Gasteiger partial charge in [-0.05, 0) is 189 Å². The van der Waals surface area contributed by atoms with E-state index in [-0.39, 0.29) is 58.9 Å². The van der Waals surface area contributed by atoms with Gasteiger partial charge in [-0.15, -0.1) is 22.7 Å². The summed E-state index contributed by atoms with van der Waals surface area (Å²) < 4.78 is 0. The van der Waals surface area contributed by atoms with Gasteiger partial charge < -0.3 is 37.0 Å². The first-order valence-corrected chi connectivity index (χ1v) is 23.5. The molecule has 0 spiro atoms. The zero-order valence-electron chi connectivity index (χ0n) is 34.0. The van der Waals surface area contributed by atoms with E-state index in [1.807, 2.05) is 17.4 Å². The Morgan fingerprint density at radius 1 is 0.673 bits per heavy atom. The maximum Gasteiger partial charge on any atom is 0.104 e. The van der Waals surface area contributed by atoms with Gasteiger partial charge in [0.25, 0.3) is 0 Å². The van der Waals surface area contributed by atoms with Crippen LogP contribution in [0.25, 0.3) is 5.57 Å². The van der Waals surface area contributed by atoms with Gasteiger partial charge in [-0.25, -0.2) is 0 Å². The van der Waals surface area contributed by atoms with Crippen LogP contribution in [-0.4, -0.2) is 64.0 Å². The fraction of sp³-hybridized carbons (Fsp3) is 0.783. The summed E-state index contributed by atoms with van der Waals surface area (Å²) in [6.45, 7) is 11.2. The Balaban J connectivity index is 0.000000169. The van der Waals surface area contributed by atoms with Crippen molar-refractivity contribution in [3.05, 3.63) is 50.9 Å². The summed E-state index contributed by atoms with van der Waals surface area (Å²) in [4.78, 5) is 2.53. The minimum atomic E-state index is -0.746. The third-order valence-corrected chi connectivity index (χ3v) is 19.9. The van der Waals surface area contributed by atoms with Gasteiger partial charge in [-0.3, -0.25) is 0 Å². The smallest absolute Gasteiger partial charge is 0.104 e. The molecule has 7 nitrogen and oxygen atoms in total. The Hall–Kier alpha value is -1.14. The maximum absolute atomic E-state index is 11.8. The van der Waals surface area contributed by atoms with E-state index in [0.29, 0.717) is 48.5 Å². The van der Waals surface area contributed by atoms with Gasteiger partial charge in [-0.2, -0.15) is 0 Å². The molecule has 2 heterocycles. The van der Waals surface area contributed by atoms with Crippen molar-refractivity contribution < 1.29 is 25.5 Å². The number of allylic oxidation sites excluding steroid dienone is 2. The summed E-state index contributed by atoms with van der Waals surface area (Å²) in [5.74, 6) is 3.18. The van der Waals surface area contributed by atoms with Crippen LogP contribution in [0.3, 0.4) is 0 Å². The molecule has 6 aliphatic carbocycles. The summed E-state index contributed by atoms with van der Waals surface area (Å²) in [7, 11) is 0. The average molecular weight is 797 g/mol. The lowest BCUT2D eigenvalue weighted by atomic mass is 9.48. The van der Waals surface area contributed by atoms with Crippen molar-refractivity contribution in [1.29, 1.82) is 0 Å². The lowest BCUT2D eigenvalue weighted by Gasteiger charge is -2.58. The highest BCUT2D eigenvalue weighted by Crippen LogP contribution is 2.68. The molecule has 9 N–H and O–H groups in total. The molecule has 0 aliphatic heterocycles. The first-order chi connectivity index (χ1) is 26.2. The van der Waals surface area contributed by atoms with Crippen LogP contribution >= 0.6 is 22.7 Å². The quantitative estimate of drug-likeness (QED) is 0.144. The van der Waals surface area contributed by atoms with Crippen molar-refractivity contribution >= 4 is 28.2 Å². The summed E-state index contributed by atoms with van der Waals surface area (Å²) in [6.07, 6.45) is 14.4. The first-order valence-electron chi connectivity index (χ1n) is 21.7. The molecule has 2 aromatic rings. The second-order valence-electron chi connectivity index (χ2n) is 20.0. The van der Waals surface area contributed by atoms with Gasteiger partial charge in [0.2, 0.25) is 0 Å². The molecule has 0 unspecified atom stereocenters. The largest absolute Gasteiger partial charge is 0.396 e. The van der Waals surface area contributed by atoms with Crippen molar-refractivity contribution in [2.24, 2.45) is 80.5 Å². The summed E-state index contributed by atoms with van der Waals surface area (Å²) in [5, 5.41) is 56.6. The normalized spacial score (nSPS) is 47.0. The lowest BCUT2D eigenvalue weighted by molar-refractivity contribution is -0.143. The van der Waals surface area contributed by atoms with Crippen LogP contribution in [-0.2, 0) is 5.60 Å². The molecular formula is C46H72N2O5S2. The minimum absolute atomic E-state index is 0.0168.